The van der Waals surface area contributed by atoms with E-state index in [1.54, 1.807) is 24.3 Å². The summed E-state index contributed by atoms with van der Waals surface area (Å²) < 4.78 is 13.6. The van der Waals surface area contributed by atoms with E-state index in [0.29, 0.717) is 24.2 Å². The molecule has 0 aromatic heterocycles. The van der Waals surface area contributed by atoms with Gasteiger partial charge in [0, 0.05) is 18.7 Å². The Labute approximate surface area is 116 Å². The van der Waals surface area contributed by atoms with E-state index in [0.717, 1.165) is 5.56 Å². The third-order valence-corrected chi connectivity index (χ3v) is 3.02. The Kier molecular flexibility index (Phi) is 4.51. The Hall–Kier alpha value is -1.89. The lowest BCUT2D eigenvalue weighted by molar-refractivity contribution is 0.588. The van der Waals surface area contributed by atoms with Gasteiger partial charge in [0.15, 0.2) is 0 Å². The van der Waals surface area contributed by atoms with E-state index in [9.17, 15) is 4.39 Å². The molecule has 0 aliphatic rings. The number of benzene rings is 2. The highest BCUT2D eigenvalue weighted by Gasteiger charge is 2.05. The van der Waals surface area contributed by atoms with Crippen molar-refractivity contribution in [3.8, 4) is 6.07 Å². The monoisotopic (exact) mass is 274 g/mol. The zero-order valence-corrected chi connectivity index (χ0v) is 10.9. The predicted octanol–water partition coefficient (Wildman–Crippen LogP) is 3.64. The van der Waals surface area contributed by atoms with Crippen LogP contribution < -0.4 is 5.32 Å². The Bertz CT molecular complexity index is 620. The van der Waals surface area contributed by atoms with Crippen molar-refractivity contribution in [3.63, 3.8) is 0 Å². The molecule has 0 atom stereocenters. The molecule has 0 fully saturated rings. The SMILES string of the molecule is N#Cc1cccc(CNCc2cccc(Cl)c2F)c1. The normalized spacial score (nSPS) is 10.2. The average Bonchev–Trinajstić information content (AvgIpc) is 2.44. The summed E-state index contributed by atoms with van der Waals surface area (Å²) in [6.45, 7) is 0.963. The van der Waals surface area contributed by atoms with Crippen molar-refractivity contribution in [1.29, 1.82) is 5.26 Å². The van der Waals surface area contributed by atoms with Crippen molar-refractivity contribution in [1.82, 2.24) is 5.32 Å². The van der Waals surface area contributed by atoms with Crippen LogP contribution in [-0.2, 0) is 13.1 Å². The summed E-state index contributed by atoms with van der Waals surface area (Å²) in [6.07, 6.45) is 0. The summed E-state index contributed by atoms with van der Waals surface area (Å²) in [7, 11) is 0. The zero-order valence-electron chi connectivity index (χ0n) is 10.2. The molecule has 0 saturated heterocycles. The van der Waals surface area contributed by atoms with Gasteiger partial charge in [0.05, 0.1) is 16.7 Å². The van der Waals surface area contributed by atoms with Crippen LogP contribution in [0.5, 0.6) is 0 Å². The fourth-order valence-electron chi connectivity index (χ4n) is 1.78. The van der Waals surface area contributed by atoms with Gasteiger partial charge in [-0.2, -0.15) is 5.26 Å². The molecule has 2 rings (SSSR count). The van der Waals surface area contributed by atoms with Crippen LogP contribution in [0.15, 0.2) is 42.5 Å². The second kappa shape index (κ2) is 6.33. The number of hydrogen-bond acceptors (Lipinski definition) is 2. The summed E-state index contributed by atoms with van der Waals surface area (Å²) in [5.74, 6) is -0.387. The third kappa shape index (κ3) is 3.54. The maximum Gasteiger partial charge on any atom is 0.146 e. The van der Waals surface area contributed by atoms with Gasteiger partial charge < -0.3 is 5.32 Å². The second-order valence-electron chi connectivity index (χ2n) is 4.13. The number of halogens is 2. The summed E-state index contributed by atoms with van der Waals surface area (Å²) in [5, 5.41) is 12.1. The lowest BCUT2D eigenvalue weighted by Gasteiger charge is -2.07. The summed E-state index contributed by atoms with van der Waals surface area (Å²) >= 11 is 5.71. The van der Waals surface area contributed by atoms with E-state index >= 15 is 0 Å². The molecule has 2 nitrogen and oxygen atoms in total. The Morgan fingerprint density at radius 3 is 2.74 bits per heavy atom. The van der Waals surface area contributed by atoms with E-state index in [4.69, 9.17) is 16.9 Å². The Morgan fingerprint density at radius 2 is 1.95 bits per heavy atom. The maximum atomic E-state index is 13.6. The van der Waals surface area contributed by atoms with Gasteiger partial charge in [0.2, 0.25) is 0 Å². The van der Waals surface area contributed by atoms with Gasteiger partial charge in [0.1, 0.15) is 5.82 Å². The highest BCUT2D eigenvalue weighted by molar-refractivity contribution is 6.30. The lowest BCUT2D eigenvalue weighted by atomic mass is 10.1. The van der Waals surface area contributed by atoms with Gasteiger partial charge in [-0.15, -0.1) is 0 Å². The molecular weight excluding hydrogens is 263 g/mol. The molecule has 0 unspecified atom stereocenters. The molecule has 0 radical (unpaired) electrons. The smallest absolute Gasteiger partial charge is 0.146 e. The van der Waals surface area contributed by atoms with Crippen LogP contribution in [0, 0.1) is 17.1 Å². The van der Waals surface area contributed by atoms with Crippen LogP contribution in [0.4, 0.5) is 4.39 Å². The molecule has 0 saturated carbocycles. The lowest BCUT2D eigenvalue weighted by Crippen LogP contribution is -2.13. The van der Waals surface area contributed by atoms with Crippen LogP contribution in [0.2, 0.25) is 5.02 Å². The van der Waals surface area contributed by atoms with Crippen molar-refractivity contribution in [2.75, 3.05) is 0 Å². The number of hydrogen-bond donors (Lipinski definition) is 1. The Balaban J connectivity index is 1.96. The molecule has 0 amide bonds. The zero-order chi connectivity index (χ0) is 13.7. The summed E-state index contributed by atoms with van der Waals surface area (Å²) in [4.78, 5) is 0. The third-order valence-electron chi connectivity index (χ3n) is 2.73. The number of nitrogens with zero attached hydrogens (tertiary/aromatic N) is 1. The first-order chi connectivity index (χ1) is 9.20. The first kappa shape index (κ1) is 13.5. The molecule has 96 valence electrons. The largest absolute Gasteiger partial charge is 0.309 e. The molecule has 4 heteroatoms. The number of nitriles is 1. The fourth-order valence-corrected chi connectivity index (χ4v) is 1.97. The van der Waals surface area contributed by atoms with Crippen molar-refractivity contribution < 1.29 is 4.39 Å². The van der Waals surface area contributed by atoms with Gasteiger partial charge in [0.25, 0.3) is 0 Å². The van der Waals surface area contributed by atoms with Gasteiger partial charge in [-0.1, -0.05) is 35.9 Å². The highest BCUT2D eigenvalue weighted by atomic mass is 35.5. The fraction of sp³-hybridized carbons (Fsp3) is 0.133. The van der Waals surface area contributed by atoms with Gasteiger partial charge in [-0.3, -0.25) is 0 Å². The molecule has 0 aliphatic carbocycles. The van der Waals surface area contributed by atoms with E-state index in [2.05, 4.69) is 11.4 Å². The molecule has 1 N–H and O–H groups in total. The van der Waals surface area contributed by atoms with Crippen molar-refractivity contribution >= 4 is 11.6 Å². The molecule has 2 aromatic rings. The van der Waals surface area contributed by atoms with Crippen LogP contribution in [0.1, 0.15) is 16.7 Å². The van der Waals surface area contributed by atoms with E-state index in [-0.39, 0.29) is 10.8 Å². The minimum absolute atomic E-state index is 0.130. The predicted molar refractivity (Wildman–Crippen MR) is 73.1 cm³/mol. The van der Waals surface area contributed by atoms with E-state index in [1.165, 1.54) is 6.07 Å². The molecule has 0 aliphatic heterocycles. The van der Waals surface area contributed by atoms with Gasteiger partial charge >= 0.3 is 0 Å². The first-order valence-electron chi connectivity index (χ1n) is 5.83. The highest BCUT2D eigenvalue weighted by Crippen LogP contribution is 2.17. The van der Waals surface area contributed by atoms with Crippen molar-refractivity contribution in [3.05, 3.63) is 70.0 Å². The van der Waals surface area contributed by atoms with Crippen LogP contribution in [0.25, 0.3) is 0 Å². The minimum Gasteiger partial charge on any atom is -0.309 e. The molecular formula is C15H12ClFN2. The first-order valence-corrected chi connectivity index (χ1v) is 6.21. The summed E-state index contributed by atoms with van der Waals surface area (Å²) in [6, 6.07) is 14.3. The Morgan fingerprint density at radius 1 is 1.16 bits per heavy atom. The van der Waals surface area contributed by atoms with Crippen molar-refractivity contribution in [2.24, 2.45) is 0 Å². The number of nitrogens with one attached hydrogen (secondary N) is 1. The number of rotatable bonds is 4. The quantitative estimate of drug-likeness (QED) is 0.924. The van der Waals surface area contributed by atoms with Crippen LogP contribution in [-0.4, -0.2) is 0 Å². The van der Waals surface area contributed by atoms with Gasteiger partial charge in [-0.05, 0) is 23.8 Å². The van der Waals surface area contributed by atoms with E-state index < -0.39 is 0 Å². The molecule has 2 aromatic carbocycles. The molecule has 0 bridgehead atoms. The summed E-state index contributed by atoms with van der Waals surface area (Å²) in [5.41, 5.74) is 2.14. The minimum atomic E-state index is -0.387. The van der Waals surface area contributed by atoms with Crippen LogP contribution in [0.3, 0.4) is 0 Å². The maximum absolute atomic E-state index is 13.6. The standard InChI is InChI=1S/C15H12ClFN2/c16-14-6-2-5-13(15(14)17)10-19-9-12-4-1-3-11(7-12)8-18/h1-7,19H,9-10H2. The average molecular weight is 275 g/mol. The topological polar surface area (TPSA) is 35.8 Å². The van der Waals surface area contributed by atoms with Gasteiger partial charge in [-0.25, -0.2) is 4.39 Å². The second-order valence-corrected chi connectivity index (χ2v) is 4.54. The molecule has 0 spiro atoms. The molecule has 19 heavy (non-hydrogen) atoms. The van der Waals surface area contributed by atoms with Crippen molar-refractivity contribution in [2.45, 2.75) is 13.1 Å². The van der Waals surface area contributed by atoms with E-state index in [1.807, 2.05) is 12.1 Å². The molecule has 0 heterocycles. The van der Waals surface area contributed by atoms with Crippen LogP contribution >= 0.6 is 11.6 Å².